The van der Waals surface area contributed by atoms with Crippen LogP contribution in [0.2, 0.25) is 0 Å². The summed E-state index contributed by atoms with van der Waals surface area (Å²) in [5.41, 5.74) is 1.10. The van der Waals surface area contributed by atoms with E-state index in [1.54, 1.807) is 11.3 Å². The van der Waals surface area contributed by atoms with Gasteiger partial charge in [0, 0.05) is 29.8 Å². The van der Waals surface area contributed by atoms with Crippen molar-refractivity contribution in [2.45, 2.75) is 45.7 Å². The van der Waals surface area contributed by atoms with Gasteiger partial charge in [-0.05, 0) is 26.7 Å². The van der Waals surface area contributed by atoms with E-state index in [0.717, 1.165) is 30.1 Å². The van der Waals surface area contributed by atoms with Crippen molar-refractivity contribution in [1.29, 1.82) is 0 Å². The molecule has 1 aromatic heterocycles. The van der Waals surface area contributed by atoms with Crippen molar-refractivity contribution < 1.29 is 5.11 Å². The van der Waals surface area contributed by atoms with Crippen LogP contribution in [-0.2, 0) is 6.54 Å². The van der Waals surface area contributed by atoms with Crippen molar-refractivity contribution in [2.24, 2.45) is 0 Å². The molecule has 0 aromatic carbocycles. The molecule has 86 valence electrons. The third kappa shape index (κ3) is 3.89. The van der Waals surface area contributed by atoms with E-state index in [4.69, 9.17) is 5.11 Å². The van der Waals surface area contributed by atoms with Crippen LogP contribution in [0.4, 0.5) is 0 Å². The summed E-state index contributed by atoms with van der Waals surface area (Å²) in [5, 5.41) is 15.6. The zero-order chi connectivity index (χ0) is 11.3. The number of rotatable bonds is 6. The highest BCUT2D eigenvalue weighted by Gasteiger charge is 2.20. The van der Waals surface area contributed by atoms with Gasteiger partial charge in [-0.1, -0.05) is 6.92 Å². The van der Waals surface area contributed by atoms with Crippen LogP contribution in [0.1, 0.15) is 37.4 Å². The number of thiazole rings is 1. The Bertz CT molecular complexity index is 301. The predicted octanol–water partition coefficient (Wildman–Crippen LogP) is 2.09. The molecule has 0 aliphatic heterocycles. The normalized spacial score (nSPS) is 15.2. The Morgan fingerprint density at radius 2 is 2.33 bits per heavy atom. The van der Waals surface area contributed by atoms with Crippen LogP contribution in [0.25, 0.3) is 0 Å². The van der Waals surface area contributed by atoms with Gasteiger partial charge in [-0.2, -0.15) is 0 Å². The highest BCUT2D eigenvalue weighted by Crippen LogP contribution is 2.16. The number of aryl methyl sites for hydroxylation is 1. The van der Waals surface area contributed by atoms with Crippen LogP contribution in [-0.4, -0.2) is 22.2 Å². The predicted molar refractivity (Wildman–Crippen MR) is 64.1 cm³/mol. The average Bonchev–Trinajstić information content (AvgIpc) is 2.62. The molecule has 0 saturated heterocycles. The van der Waals surface area contributed by atoms with Crippen molar-refractivity contribution in [1.82, 2.24) is 10.3 Å². The summed E-state index contributed by atoms with van der Waals surface area (Å²) in [7, 11) is 0. The van der Waals surface area contributed by atoms with Gasteiger partial charge in [0.15, 0.2) is 0 Å². The fourth-order valence-corrected chi connectivity index (χ4v) is 2.12. The summed E-state index contributed by atoms with van der Waals surface area (Å²) in [6.45, 7) is 7.31. The number of aromatic nitrogens is 1. The Kier molecular flexibility index (Phi) is 4.70. The van der Waals surface area contributed by atoms with Gasteiger partial charge in [-0.15, -0.1) is 11.3 Å². The van der Waals surface area contributed by atoms with E-state index in [2.05, 4.69) is 29.5 Å². The molecule has 0 aliphatic rings. The third-order valence-electron chi connectivity index (χ3n) is 2.78. The largest absolute Gasteiger partial charge is 0.396 e. The highest BCUT2D eigenvalue weighted by atomic mass is 32.1. The lowest BCUT2D eigenvalue weighted by Gasteiger charge is -2.28. The molecule has 0 amide bonds. The van der Waals surface area contributed by atoms with Crippen LogP contribution in [0, 0.1) is 6.92 Å². The van der Waals surface area contributed by atoms with Gasteiger partial charge >= 0.3 is 0 Å². The van der Waals surface area contributed by atoms with Gasteiger partial charge in [-0.25, -0.2) is 4.98 Å². The number of nitrogens with one attached hydrogen (secondary N) is 1. The third-order valence-corrected chi connectivity index (χ3v) is 3.74. The van der Waals surface area contributed by atoms with Gasteiger partial charge in [0.2, 0.25) is 0 Å². The molecule has 1 atom stereocenters. The summed E-state index contributed by atoms with van der Waals surface area (Å²) >= 11 is 1.68. The molecule has 1 rings (SSSR count). The lowest BCUT2D eigenvalue weighted by atomic mass is 9.95. The molecule has 0 bridgehead atoms. The minimum Gasteiger partial charge on any atom is -0.396 e. The summed E-state index contributed by atoms with van der Waals surface area (Å²) in [4.78, 5) is 4.40. The lowest BCUT2D eigenvalue weighted by molar-refractivity contribution is 0.214. The van der Waals surface area contributed by atoms with Gasteiger partial charge < -0.3 is 10.4 Å². The van der Waals surface area contributed by atoms with E-state index < -0.39 is 0 Å². The molecule has 1 unspecified atom stereocenters. The van der Waals surface area contributed by atoms with E-state index in [0.29, 0.717) is 0 Å². The number of aliphatic hydroxyl groups is 1. The molecule has 4 heteroatoms. The van der Waals surface area contributed by atoms with Crippen LogP contribution in [0.3, 0.4) is 0 Å². The smallest absolute Gasteiger partial charge is 0.107 e. The first-order valence-electron chi connectivity index (χ1n) is 5.36. The van der Waals surface area contributed by atoms with Crippen LogP contribution < -0.4 is 5.32 Å². The van der Waals surface area contributed by atoms with Crippen molar-refractivity contribution >= 4 is 11.3 Å². The van der Waals surface area contributed by atoms with Gasteiger partial charge in [0.1, 0.15) is 5.01 Å². The molecule has 1 aromatic rings. The first-order chi connectivity index (χ1) is 7.09. The van der Waals surface area contributed by atoms with Crippen LogP contribution in [0.5, 0.6) is 0 Å². The quantitative estimate of drug-likeness (QED) is 0.783. The van der Waals surface area contributed by atoms with Crippen LogP contribution >= 0.6 is 11.3 Å². The second kappa shape index (κ2) is 5.58. The Morgan fingerprint density at radius 3 is 2.80 bits per heavy atom. The van der Waals surface area contributed by atoms with Crippen molar-refractivity contribution in [3.05, 3.63) is 16.1 Å². The van der Waals surface area contributed by atoms with Crippen molar-refractivity contribution in [2.75, 3.05) is 6.61 Å². The van der Waals surface area contributed by atoms with Gasteiger partial charge in [0.25, 0.3) is 0 Å². The molecule has 2 N–H and O–H groups in total. The molecule has 3 nitrogen and oxygen atoms in total. The van der Waals surface area contributed by atoms with Crippen molar-refractivity contribution in [3.8, 4) is 0 Å². The Hall–Kier alpha value is -0.450. The fraction of sp³-hybridized carbons (Fsp3) is 0.727. The Labute approximate surface area is 95.6 Å². The zero-order valence-corrected chi connectivity index (χ0v) is 10.5. The van der Waals surface area contributed by atoms with Gasteiger partial charge in [0.05, 0.1) is 0 Å². The standard InChI is InChI=1S/C11H20N2OS/c1-4-11(3,5-6-14)12-7-10-13-9(2)8-15-10/h8,12,14H,4-7H2,1-3H3. The monoisotopic (exact) mass is 228 g/mol. The summed E-state index contributed by atoms with van der Waals surface area (Å²) in [6.07, 6.45) is 1.80. The molecule has 0 saturated carbocycles. The molecular weight excluding hydrogens is 208 g/mol. The maximum Gasteiger partial charge on any atom is 0.107 e. The van der Waals surface area contributed by atoms with Gasteiger partial charge in [-0.3, -0.25) is 0 Å². The first kappa shape index (κ1) is 12.6. The highest BCUT2D eigenvalue weighted by molar-refractivity contribution is 7.09. The SMILES string of the molecule is CCC(C)(CCO)NCc1nc(C)cs1. The zero-order valence-electron chi connectivity index (χ0n) is 9.71. The Morgan fingerprint density at radius 1 is 1.60 bits per heavy atom. The van der Waals surface area contributed by atoms with Crippen molar-refractivity contribution in [3.63, 3.8) is 0 Å². The number of aliphatic hydroxyl groups excluding tert-OH is 1. The first-order valence-corrected chi connectivity index (χ1v) is 6.24. The second-order valence-corrected chi connectivity index (χ2v) is 5.07. The van der Waals surface area contributed by atoms with E-state index in [9.17, 15) is 0 Å². The average molecular weight is 228 g/mol. The fourth-order valence-electron chi connectivity index (χ4n) is 1.41. The number of nitrogens with zero attached hydrogens (tertiary/aromatic N) is 1. The molecule has 0 spiro atoms. The summed E-state index contributed by atoms with van der Waals surface area (Å²) in [5.74, 6) is 0. The second-order valence-electron chi connectivity index (χ2n) is 4.12. The van der Waals surface area contributed by atoms with E-state index in [-0.39, 0.29) is 12.1 Å². The minimum atomic E-state index is 0.0221. The summed E-state index contributed by atoms with van der Waals surface area (Å²) < 4.78 is 0. The maximum absolute atomic E-state index is 8.98. The number of hydrogen-bond acceptors (Lipinski definition) is 4. The minimum absolute atomic E-state index is 0.0221. The Balaban J connectivity index is 2.47. The molecular formula is C11H20N2OS. The topological polar surface area (TPSA) is 45.1 Å². The van der Waals surface area contributed by atoms with E-state index in [1.165, 1.54) is 0 Å². The molecule has 0 fully saturated rings. The van der Waals surface area contributed by atoms with E-state index >= 15 is 0 Å². The molecule has 15 heavy (non-hydrogen) atoms. The van der Waals surface area contributed by atoms with Crippen LogP contribution in [0.15, 0.2) is 5.38 Å². The number of hydrogen-bond donors (Lipinski definition) is 2. The molecule has 0 radical (unpaired) electrons. The summed E-state index contributed by atoms with van der Waals surface area (Å²) in [6, 6.07) is 0. The maximum atomic E-state index is 8.98. The lowest BCUT2D eigenvalue weighted by Crippen LogP contribution is -2.42. The van der Waals surface area contributed by atoms with E-state index in [1.807, 2.05) is 6.92 Å². The molecule has 0 aliphatic carbocycles. The molecule has 1 heterocycles.